The number of nitrogens with zero attached hydrogens (tertiary/aromatic N) is 1. The first-order chi connectivity index (χ1) is 7.64. The monoisotopic (exact) mass is 209 g/mol. The van der Waals surface area contributed by atoms with E-state index in [1.165, 1.54) is 0 Å². The zero-order valence-corrected chi connectivity index (χ0v) is 9.53. The normalized spacial score (nSPS) is 13.2. The summed E-state index contributed by atoms with van der Waals surface area (Å²) in [4.78, 5) is 0. The van der Waals surface area contributed by atoms with Crippen LogP contribution in [-0.2, 0) is 5.41 Å². The molecular weight excluding hydrogens is 194 g/mol. The molecule has 16 heavy (non-hydrogen) atoms. The minimum atomic E-state index is -0.623. The van der Waals surface area contributed by atoms with Crippen molar-refractivity contribution in [2.24, 2.45) is 0 Å². The maximum atomic E-state index is 9.42. The van der Waals surface area contributed by atoms with Gasteiger partial charge in [0.05, 0.1) is 11.5 Å². The Labute approximate surface area is 97.4 Å². The van der Waals surface area contributed by atoms with Crippen molar-refractivity contribution in [3.8, 4) is 18.4 Å². The molecule has 0 spiro atoms. The van der Waals surface area contributed by atoms with E-state index in [9.17, 15) is 5.26 Å². The topological polar surface area (TPSA) is 23.8 Å². The summed E-state index contributed by atoms with van der Waals surface area (Å²) >= 11 is 0. The molecule has 0 heterocycles. The lowest BCUT2D eigenvalue weighted by Gasteiger charge is -2.25. The summed E-state index contributed by atoms with van der Waals surface area (Å²) in [7, 11) is 0. The van der Waals surface area contributed by atoms with Gasteiger partial charge in [0.2, 0.25) is 0 Å². The van der Waals surface area contributed by atoms with Crippen LogP contribution in [0.15, 0.2) is 42.5 Å². The summed E-state index contributed by atoms with van der Waals surface area (Å²) in [6.45, 7) is 5.80. The van der Waals surface area contributed by atoms with E-state index in [1.807, 2.05) is 37.3 Å². The van der Waals surface area contributed by atoms with Gasteiger partial charge in [0, 0.05) is 6.42 Å². The van der Waals surface area contributed by atoms with Crippen LogP contribution in [0.5, 0.6) is 0 Å². The zero-order chi connectivity index (χ0) is 12.0. The molecule has 0 unspecified atom stereocenters. The Hall–Kier alpha value is -1.99. The molecule has 0 fully saturated rings. The van der Waals surface area contributed by atoms with Crippen molar-refractivity contribution < 1.29 is 0 Å². The van der Waals surface area contributed by atoms with Crippen molar-refractivity contribution in [3.63, 3.8) is 0 Å². The number of terminal acetylenes is 1. The molecule has 0 N–H and O–H groups in total. The van der Waals surface area contributed by atoms with Crippen LogP contribution in [0.25, 0.3) is 0 Å². The van der Waals surface area contributed by atoms with Gasteiger partial charge in [-0.05, 0) is 18.9 Å². The molecule has 0 aliphatic heterocycles. The van der Waals surface area contributed by atoms with E-state index in [-0.39, 0.29) is 0 Å². The third kappa shape index (κ3) is 2.53. The van der Waals surface area contributed by atoms with Crippen molar-refractivity contribution in [2.75, 3.05) is 0 Å². The van der Waals surface area contributed by atoms with E-state index in [1.54, 1.807) is 0 Å². The molecule has 1 atom stereocenters. The predicted molar refractivity (Wildman–Crippen MR) is 66.6 cm³/mol. The molecule has 1 aromatic rings. The van der Waals surface area contributed by atoms with Gasteiger partial charge in [0.25, 0.3) is 0 Å². The summed E-state index contributed by atoms with van der Waals surface area (Å²) in [5.74, 6) is 2.60. The van der Waals surface area contributed by atoms with E-state index in [2.05, 4.69) is 18.6 Å². The Morgan fingerprint density at radius 2 is 2.06 bits per heavy atom. The van der Waals surface area contributed by atoms with Gasteiger partial charge in [-0.25, -0.2) is 0 Å². The lowest BCUT2D eigenvalue weighted by Crippen LogP contribution is -2.23. The van der Waals surface area contributed by atoms with Gasteiger partial charge < -0.3 is 0 Å². The van der Waals surface area contributed by atoms with E-state index < -0.39 is 5.41 Å². The largest absolute Gasteiger partial charge is 0.197 e. The molecule has 0 aliphatic carbocycles. The highest BCUT2D eigenvalue weighted by Crippen LogP contribution is 2.33. The average Bonchev–Trinajstić information content (AvgIpc) is 2.29. The second kappa shape index (κ2) is 5.19. The Kier molecular flexibility index (Phi) is 3.92. The third-order valence-corrected chi connectivity index (χ3v) is 2.55. The average molecular weight is 209 g/mol. The first kappa shape index (κ1) is 12.1. The molecule has 1 heteroatoms. The van der Waals surface area contributed by atoms with Gasteiger partial charge in [0.15, 0.2) is 0 Å². The van der Waals surface area contributed by atoms with Crippen molar-refractivity contribution >= 4 is 0 Å². The van der Waals surface area contributed by atoms with Gasteiger partial charge in [-0.2, -0.15) is 5.26 Å². The smallest absolute Gasteiger partial charge is 0.0967 e. The minimum Gasteiger partial charge on any atom is -0.197 e. The number of rotatable bonds is 4. The van der Waals surface area contributed by atoms with Crippen LogP contribution < -0.4 is 0 Å². The maximum absolute atomic E-state index is 9.42. The fourth-order valence-corrected chi connectivity index (χ4v) is 1.86. The van der Waals surface area contributed by atoms with Crippen molar-refractivity contribution in [3.05, 3.63) is 48.0 Å². The summed E-state index contributed by atoms with van der Waals surface area (Å²) in [6.07, 6.45) is 6.40. The van der Waals surface area contributed by atoms with Crippen molar-refractivity contribution in [1.82, 2.24) is 0 Å². The molecule has 0 aliphatic rings. The van der Waals surface area contributed by atoms with Crippen LogP contribution in [0.2, 0.25) is 0 Å². The van der Waals surface area contributed by atoms with E-state index in [4.69, 9.17) is 6.42 Å². The molecular formula is C15H15N. The van der Waals surface area contributed by atoms with Crippen LogP contribution in [0.3, 0.4) is 0 Å². The quantitative estimate of drug-likeness (QED) is 0.550. The molecule has 0 bridgehead atoms. The SMILES string of the molecule is C#CC[C@](C#N)(CC(=C)C)c1ccccc1. The Bertz CT molecular complexity index is 445. The first-order valence-electron chi connectivity index (χ1n) is 5.19. The number of benzene rings is 1. The van der Waals surface area contributed by atoms with Crippen LogP contribution in [-0.4, -0.2) is 0 Å². The second-order valence-corrected chi connectivity index (χ2v) is 4.07. The lowest BCUT2D eigenvalue weighted by molar-refractivity contribution is 0.559. The van der Waals surface area contributed by atoms with Gasteiger partial charge in [-0.15, -0.1) is 18.9 Å². The molecule has 1 nitrogen and oxygen atoms in total. The van der Waals surface area contributed by atoms with Gasteiger partial charge in [-0.1, -0.05) is 35.9 Å². The van der Waals surface area contributed by atoms with Crippen molar-refractivity contribution in [1.29, 1.82) is 5.26 Å². The summed E-state index contributed by atoms with van der Waals surface area (Å²) in [6, 6.07) is 12.0. The highest BCUT2D eigenvalue weighted by molar-refractivity contribution is 5.36. The van der Waals surface area contributed by atoms with E-state index in [0.29, 0.717) is 12.8 Å². The third-order valence-electron chi connectivity index (χ3n) is 2.55. The van der Waals surface area contributed by atoms with Gasteiger partial charge in [-0.3, -0.25) is 0 Å². The second-order valence-electron chi connectivity index (χ2n) is 4.07. The fourth-order valence-electron chi connectivity index (χ4n) is 1.86. The van der Waals surface area contributed by atoms with Crippen LogP contribution in [0.4, 0.5) is 0 Å². The highest BCUT2D eigenvalue weighted by Gasteiger charge is 2.31. The standard InChI is InChI=1S/C15H15N/c1-4-10-15(12-16,11-13(2)3)14-8-6-5-7-9-14/h1,5-9H,2,10-11H2,3H3/t15-/m1/s1. The number of hydrogen-bond donors (Lipinski definition) is 0. The van der Waals surface area contributed by atoms with Gasteiger partial charge in [0.1, 0.15) is 0 Å². The van der Waals surface area contributed by atoms with E-state index in [0.717, 1.165) is 11.1 Å². The molecule has 0 radical (unpaired) electrons. The fraction of sp³-hybridized carbons (Fsp3) is 0.267. The summed E-state index contributed by atoms with van der Waals surface area (Å²) in [5, 5.41) is 9.42. The number of hydrogen-bond acceptors (Lipinski definition) is 1. The maximum Gasteiger partial charge on any atom is 0.0967 e. The van der Waals surface area contributed by atoms with Crippen LogP contribution >= 0.6 is 0 Å². The van der Waals surface area contributed by atoms with E-state index >= 15 is 0 Å². The van der Waals surface area contributed by atoms with Gasteiger partial charge >= 0.3 is 0 Å². The van der Waals surface area contributed by atoms with Crippen molar-refractivity contribution in [2.45, 2.75) is 25.2 Å². The molecule has 80 valence electrons. The van der Waals surface area contributed by atoms with Crippen LogP contribution in [0, 0.1) is 23.7 Å². The lowest BCUT2D eigenvalue weighted by atomic mass is 9.75. The molecule has 1 aromatic carbocycles. The highest BCUT2D eigenvalue weighted by atomic mass is 14.4. The number of allylic oxidation sites excluding steroid dienone is 1. The molecule has 0 amide bonds. The number of nitriles is 1. The molecule has 0 saturated heterocycles. The summed E-state index contributed by atoms with van der Waals surface area (Å²) in [5.41, 5.74) is 1.32. The Morgan fingerprint density at radius 3 is 2.50 bits per heavy atom. The first-order valence-corrected chi connectivity index (χ1v) is 5.19. The molecule has 0 aromatic heterocycles. The molecule has 0 saturated carbocycles. The minimum absolute atomic E-state index is 0.417. The van der Waals surface area contributed by atoms with Crippen LogP contribution in [0.1, 0.15) is 25.3 Å². The Balaban J connectivity index is 3.19. The molecule has 1 rings (SSSR count). The predicted octanol–water partition coefficient (Wildman–Crippen LogP) is 3.44. The zero-order valence-electron chi connectivity index (χ0n) is 9.53. The Morgan fingerprint density at radius 1 is 1.44 bits per heavy atom. The summed E-state index contributed by atoms with van der Waals surface area (Å²) < 4.78 is 0.